The maximum absolute atomic E-state index is 5.92. The zero-order valence-corrected chi connectivity index (χ0v) is 10.9. The van der Waals surface area contributed by atoms with Gasteiger partial charge in [0, 0.05) is 6.42 Å². The van der Waals surface area contributed by atoms with Crippen molar-refractivity contribution in [2.24, 2.45) is 5.73 Å². The van der Waals surface area contributed by atoms with Gasteiger partial charge in [0.05, 0.1) is 4.99 Å². The molecule has 1 rings (SSSR count). The molecule has 0 spiro atoms. The van der Waals surface area contributed by atoms with Crippen LogP contribution in [-0.4, -0.2) is 11.1 Å². The molecule has 0 saturated heterocycles. The van der Waals surface area contributed by atoms with E-state index in [1.807, 2.05) is 12.1 Å². The van der Waals surface area contributed by atoms with Crippen LogP contribution in [-0.2, 0) is 0 Å². The highest BCUT2D eigenvalue weighted by molar-refractivity contribution is 7.80. The molecule has 0 aliphatic carbocycles. The van der Waals surface area contributed by atoms with Crippen molar-refractivity contribution in [3.05, 3.63) is 29.3 Å². The van der Waals surface area contributed by atoms with E-state index < -0.39 is 0 Å². The van der Waals surface area contributed by atoms with E-state index in [1.54, 1.807) is 0 Å². The number of thiocarbonyl (C=S) groups is 1. The molecule has 2 N–H and O–H groups in total. The van der Waals surface area contributed by atoms with E-state index in [1.165, 1.54) is 11.1 Å². The molecule has 0 fully saturated rings. The Hall–Kier alpha value is -1.09. The number of benzene rings is 1. The van der Waals surface area contributed by atoms with Crippen LogP contribution in [0.1, 0.15) is 30.9 Å². The zero-order chi connectivity index (χ0) is 12.1. The van der Waals surface area contributed by atoms with Gasteiger partial charge in [-0.2, -0.15) is 0 Å². The molecule has 0 aromatic heterocycles. The number of aryl methyl sites for hydroxylation is 1. The molecule has 88 valence electrons. The quantitative estimate of drug-likeness (QED) is 0.799. The van der Waals surface area contributed by atoms with E-state index >= 15 is 0 Å². The fourth-order valence-corrected chi connectivity index (χ4v) is 1.71. The lowest BCUT2D eigenvalue weighted by atomic mass is 10.1. The van der Waals surface area contributed by atoms with Gasteiger partial charge >= 0.3 is 0 Å². The lowest BCUT2D eigenvalue weighted by Gasteiger charge is -2.19. The molecule has 1 unspecified atom stereocenters. The van der Waals surface area contributed by atoms with Crippen LogP contribution < -0.4 is 10.5 Å². The van der Waals surface area contributed by atoms with Gasteiger partial charge in [-0.1, -0.05) is 31.3 Å². The maximum atomic E-state index is 5.92. The summed E-state index contributed by atoms with van der Waals surface area (Å²) < 4.78 is 5.92. The second kappa shape index (κ2) is 5.85. The van der Waals surface area contributed by atoms with Crippen molar-refractivity contribution in [2.45, 2.75) is 39.7 Å². The van der Waals surface area contributed by atoms with E-state index in [2.05, 4.69) is 26.8 Å². The molecule has 2 nitrogen and oxygen atoms in total. The van der Waals surface area contributed by atoms with E-state index in [-0.39, 0.29) is 6.10 Å². The first-order valence-electron chi connectivity index (χ1n) is 5.55. The van der Waals surface area contributed by atoms with Crippen molar-refractivity contribution < 1.29 is 4.74 Å². The van der Waals surface area contributed by atoms with Crippen LogP contribution in [0.3, 0.4) is 0 Å². The lowest BCUT2D eigenvalue weighted by Crippen LogP contribution is -2.23. The van der Waals surface area contributed by atoms with Gasteiger partial charge < -0.3 is 10.5 Å². The number of hydrogen-bond acceptors (Lipinski definition) is 2. The summed E-state index contributed by atoms with van der Waals surface area (Å²) in [6.45, 7) is 6.23. The average molecular weight is 237 g/mol. The maximum Gasteiger partial charge on any atom is 0.122 e. The molecule has 0 aliphatic rings. The Labute approximate surface area is 103 Å². The average Bonchev–Trinajstić information content (AvgIpc) is 2.23. The highest BCUT2D eigenvalue weighted by Crippen LogP contribution is 2.23. The molecule has 0 radical (unpaired) electrons. The number of rotatable bonds is 5. The third kappa shape index (κ3) is 3.49. The third-order valence-electron chi connectivity index (χ3n) is 2.73. The summed E-state index contributed by atoms with van der Waals surface area (Å²) in [5, 5.41) is 0. The Kier molecular flexibility index (Phi) is 4.74. The van der Waals surface area contributed by atoms with E-state index in [0.29, 0.717) is 11.4 Å². The van der Waals surface area contributed by atoms with Crippen LogP contribution in [0.5, 0.6) is 5.75 Å². The molecular weight excluding hydrogens is 218 g/mol. The molecule has 0 saturated carbocycles. The molecule has 0 heterocycles. The van der Waals surface area contributed by atoms with E-state index in [9.17, 15) is 0 Å². The Morgan fingerprint density at radius 1 is 1.44 bits per heavy atom. The van der Waals surface area contributed by atoms with Crippen LogP contribution >= 0.6 is 12.2 Å². The Morgan fingerprint density at radius 2 is 2.12 bits per heavy atom. The molecular formula is C13H19NOS. The van der Waals surface area contributed by atoms with Crippen molar-refractivity contribution in [1.82, 2.24) is 0 Å². The first-order valence-corrected chi connectivity index (χ1v) is 5.96. The fraction of sp³-hybridized carbons (Fsp3) is 0.462. The minimum atomic E-state index is 0.0815. The minimum absolute atomic E-state index is 0.0815. The molecule has 1 aromatic rings. The Bertz CT molecular complexity index is 376. The summed E-state index contributed by atoms with van der Waals surface area (Å²) >= 11 is 4.91. The Balaban J connectivity index is 2.77. The van der Waals surface area contributed by atoms with Gasteiger partial charge in [-0.25, -0.2) is 0 Å². The number of ether oxygens (including phenoxy) is 1. The first kappa shape index (κ1) is 13.0. The molecule has 3 heteroatoms. The highest BCUT2D eigenvalue weighted by atomic mass is 32.1. The van der Waals surface area contributed by atoms with Gasteiger partial charge in [-0.15, -0.1) is 0 Å². The van der Waals surface area contributed by atoms with Crippen LogP contribution in [0.2, 0.25) is 0 Å². The summed E-state index contributed by atoms with van der Waals surface area (Å²) in [4.78, 5) is 0.511. The van der Waals surface area contributed by atoms with Crippen LogP contribution in [0.4, 0.5) is 0 Å². The van der Waals surface area contributed by atoms with Gasteiger partial charge in [0.15, 0.2) is 0 Å². The van der Waals surface area contributed by atoms with E-state index in [0.717, 1.165) is 12.2 Å². The third-order valence-corrected chi connectivity index (χ3v) is 2.90. The largest absolute Gasteiger partial charge is 0.490 e. The minimum Gasteiger partial charge on any atom is -0.490 e. The molecule has 0 bridgehead atoms. The first-order chi connectivity index (χ1) is 7.54. The van der Waals surface area contributed by atoms with Gasteiger partial charge in [-0.3, -0.25) is 0 Å². The van der Waals surface area contributed by atoms with Crippen LogP contribution in [0, 0.1) is 13.8 Å². The van der Waals surface area contributed by atoms with Crippen molar-refractivity contribution >= 4 is 17.2 Å². The predicted molar refractivity (Wildman–Crippen MR) is 72.0 cm³/mol. The predicted octanol–water partition coefficient (Wildman–Crippen LogP) is 3.14. The van der Waals surface area contributed by atoms with Crippen molar-refractivity contribution in [2.75, 3.05) is 0 Å². The summed E-state index contributed by atoms with van der Waals surface area (Å²) in [5.41, 5.74) is 7.96. The monoisotopic (exact) mass is 237 g/mol. The zero-order valence-electron chi connectivity index (χ0n) is 10.1. The van der Waals surface area contributed by atoms with Gasteiger partial charge in [-0.05, 0) is 37.5 Å². The smallest absolute Gasteiger partial charge is 0.122 e. The number of hydrogen-bond donors (Lipinski definition) is 1. The second-order valence-electron chi connectivity index (χ2n) is 4.02. The highest BCUT2D eigenvalue weighted by Gasteiger charge is 2.11. The molecule has 0 aliphatic heterocycles. The van der Waals surface area contributed by atoms with Gasteiger partial charge in [0.2, 0.25) is 0 Å². The lowest BCUT2D eigenvalue weighted by molar-refractivity contribution is 0.204. The second-order valence-corrected chi connectivity index (χ2v) is 4.54. The molecule has 1 atom stereocenters. The van der Waals surface area contributed by atoms with Crippen molar-refractivity contribution in [1.29, 1.82) is 0 Å². The van der Waals surface area contributed by atoms with E-state index in [4.69, 9.17) is 22.7 Å². The molecule has 1 aromatic carbocycles. The van der Waals surface area contributed by atoms with Crippen LogP contribution in [0.25, 0.3) is 0 Å². The molecule has 0 amide bonds. The van der Waals surface area contributed by atoms with Crippen molar-refractivity contribution in [3.63, 3.8) is 0 Å². The summed E-state index contributed by atoms with van der Waals surface area (Å²) in [5.74, 6) is 0.933. The Morgan fingerprint density at radius 3 is 2.69 bits per heavy atom. The SMILES string of the molecule is CCC(CC(N)=S)Oc1cccc(C)c1C. The number of nitrogens with two attached hydrogens (primary N) is 1. The summed E-state index contributed by atoms with van der Waals surface area (Å²) in [6.07, 6.45) is 1.63. The standard InChI is InChI=1S/C13H19NOS/c1-4-11(8-13(14)16)15-12-7-5-6-9(2)10(12)3/h5-7,11H,4,8H2,1-3H3,(H2,14,16). The van der Waals surface area contributed by atoms with Crippen LogP contribution in [0.15, 0.2) is 18.2 Å². The fourth-order valence-electron chi connectivity index (χ4n) is 1.53. The normalized spacial score (nSPS) is 12.2. The summed E-state index contributed by atoms with van der Waals surface area (Å²) in [6, 6.07) is 6.08. The van der Waals surface area contributed by atoms with Crippen molar-refractivity contribution in [3.8, 4) is 5.75 Å². The van der Waals surface area contributed by atoms with Gasteiger partial charge in [0.1, 0.15) is 11.9 Å². The topological polar surface area (TPSA) is 35.2 Å². The molecule has 16 heavy (non-hydrogen) atoms. The summed E-state index contributed by atoms with van der Waals surface area (Å²) in [7, 11) is 0. The van der Waals surface area contributed by atoms with Gasteiger partial charge in [0.25, 0.3) is 0 Å².